The van der Waals surface area contributed by atoms with Gasteiger partial charge in [0, 0.05) is 25.6 Å². The molecule has 0 rings (SSSR count). The minimum atomic E-state index is -1.44. The highest BCUT2D eigenvalue weighted by atomic mass is 16.4. The fourth-order valence-corrected chi connectivity index (χ4v) is 1.87. The topological polar surface area (TPSA) is 102 Å². The second-order valence-corrected chi connectivity index (χ2v) is 5.63. The zero-order valence-corrected chi connectivity index (χ0v) is 12.7. The van der Waals surface area contributed by atoms with E-state index in [9.17, 15) is 9.59 Å². The number of aliphatic hydroxyl groups is 1. The van der Waals surface area contributed by atoms with Crippen LogP contribution >= 0.6 is 0 Å². The Labute approximate surface area is 120 Å². The third-order valence-electron chi connectivity index (χ3n) is 2.67. The molecule has 4 N–H and O–H groups in total. The molecule has 20 heavy (non-hydrogen) atoms. The van der Waals surface area contributed by atoms with E-state index in [0.717, 1.165) is 13.0 Å². The van der Waals surface area contributed by atoms with Crippen LogP contribution < -0.4 is 10.6 Å². The third kappa shape index (κ3) is 9.57. The molecule has 0 saturated heterocycles. The molecule has 0 radical (unpaired) electrons. The van der Waals surface area contributed by atoms with Gasteiger partial charge in [-0.15, -0.1) is 0 Å². The average Bonchev–Trinajstić information content (AvgIpc) is 2.26. The zero-order chi connectivity index (χ0) is 15.7. The normalized spacial score (nSPS) is 14.2. The summed E-state index contributed by atoms with van der Waals surface area (Å²) in [7, 11) is 3.88. The van der Waals surface area contributed by atoms with Crippen molar-refractivity contribution in [3.8, 4) is 0 Å². The Bertz CT molecular complexity index is 298. The van der Waals surface area contributed by atoms with Crippen molar-refractivity contribution in [1.82, 2.24) is 15.5 Å². The standard InChI is InChI=1S/C13H27N3O4/c1-9(2)7-10(8-16(3)4)15-13(20)14-6-5-11(17)12(18)19/h9-11,17H,5-8H2,1-4H3,(H,18,19)(H2,14,15,20). The lowest BCUT2D eigenvalue weighted by atomic mass is 10.0. The SMILES string of the molecule is CC(C)CC(CN(C)C)NC(=O)NCCC(O)C(=O)O. The number of aliphatic hydroxyl groups excluding tert-OH is 1. The molecule has 0 aromatic carbocycles. The molecule has 118 valence electrons. The maximum atomic E-state index is 11.7. The van der Waals surface area contributed by atoms with E-state index in [0.29, 0.717) is 5.92 Å². The summed E-state index contributed by atoms with van der Waals surface area (Å²) in [4.78, 5) is 24.1. The van der Waals surface area contributed by atoms with E-state index in [1.165, 1.54) is 0 Å². The molecule has 0 heterocycles. The maximum absolute atomic E-state index is 11.7. The van der Waals surface area contributed by atoms with Gasteiger partial charge >= 0.3 is 12.0 Å². The zero-order valence-electron chi connectivity index (χ0n) is 12.7. The first-order valence-electron chi connectivity index (χ1n) is 6.82. The van der Waals surface area contributed by atoms with Crippen molar-refractivity contribution in [3.05, 3.63) is 0 Å². The van der Waals surface area contributed by atoms with Crippen LogP contribution in [0.5, 0.6) is 0 Å². The predicted octanol–water partition coefficient (Wildman–Crippen LogP) is 0.0975. The molecule has 0 spiro atoms. The van der Waals surface area contributed by atoms with Gasteiger partial charge in [-0.2, -0.15) is 0 Å². The van der Waals surface area contributed by atoms with Gasteiger partial charge in [0.25, 0.3) is 0 Å². The summed E-state index contributed by atoms with van der Waals surface area (Å²) in [6.45, 7) is 5.04. The number of likely N-dealkylation sites (N-methyl/N-ethyl adjacent to an activating group) is 1. The van der Waals surface area contributed by atoms with Crippen molar-refractivity contribution in [3.63, 3.8) is 0 Å². The Morgan fingerprint density at radius 1 is 1.25 bits per heavy atom. The Kier molecular flexibility index (Phi) is 8.91. The number of carbonyl (C=O) groups excluding carboxylic acids is 1. The molecule has 0 aliphatic heterocycles. The number of carboxylic acid groups (broad SMARTS) is 1. The summed E-state index contributed by atoms with van der Waals surface area (Å²) in [5, 5.41) is 23.0. The van der Waals surface area contributed by atoms with Gasteiger partial charge in [-0.05, 0) is 26.4 Å². The first kappa shape index (κ1) is 18.7. The van der Waals surface area contributed by atoms with Crippen LogP contribution in [0.4, 0.5) is 4.79 Å². The molecule has 0 saturated carbocycles. The molecule has 2 amide bonds. The fourth-order valence-electron chi connectivity index (χ4n) is 1.87. The van der Waals surface area contributed by atoms with Crippen molar-refractivity contribution >= 4 is 12.0 Å². The van der Waals surface area contributed by atoms with E-state index in [1.54, 1.807) is 0 Å². The molecule has 7 heteroatoms. The highest BCUT2D eigenvalue weighted by Gasteiger charge is 2.16. The van der Waals surface area contributed by atoms with Crippen molar-refractivity contribution in [2.45, 2.75) is 38.8 Å². The molecular weight excluding hydrogens is 262 g/mol. The summed E-state index contributed by atoms with van der Waals surface area (Å²) in [6, 6.07) is -0.301. The van der Waals surface area contributed by atoms with Crippen molar-refractivity contribution in [1.29, 1.82) is 0 Å². The number of aliphatic carboxylic acids is 1. The van der Waals surface area contributed by atoms with Gasteiger partial charge in [-0.25, -0.2) is 9.59 Å². The smallest absolute Gasteiger partial charge is 0.332 e. The number of carboxylic acids is 1. The van der Waals surface area contributed by atoms with E-state index < -0.39 is 12.1 Å². The van der Waals surface area contributed by atoms with Crippen LogP contribution in [0.2, 0.25) is 0 Å². The monoisotopic (exact) mass is 289 g/mol. The van der Waals surface area contributed by atoms with Gasteiger partial charge in [0.05, 0.1) is 0 Å². The number of nitrogens with zero attached hydrogens (tertiary/aromatic N) is 1. The van der Waals surface area contributed by atoms with E-state index in [2.05, 4.69) is 24.5 Å². The Morgan fingerprint density at radius 3 is 2.30 bits per heavy atom. The van der Waals surface area contributed by atoms with Crippen molar-refractivity contribution in [2.24, 2.45) is 5.92 Å². The second kappa shape index (κ2) is 9.55. The Morgan fingerprint density at radius 2 is 1.85 bits per heavy atom. The minimum absolute atomic E-state index is 0.00865. The lowest BCUT2D eigenvalue weighted by Gasteiger charge is -2.24. The largest absolute Gasteiger partial charge is 0.479 e. The number of amides is 2. The summed E-state index contributed by atoms with van der Waals surface area (Å²) in [6.07, 6.45) is -0.585. The lowest BCUT2D eigenvalue weighted by molar-refractivity contribution is -0.146. The predicted molar refractivity (Wildman–Crippen MR) is 76.6 cm³/mol. The quantitative estimate of drug-likeness (QED) is 0.482. The number of carbonyl (C=O) groups is 2. The highest BCUT2D eigenvalue weighted by Crippen LogP contribution is 2.05. The molecule has 0 aromatic heterocycles. The lowest BCUT2D eigenvalue weighted by Crippen LogP contribution is -2.47. The first-order chi connectivity index (χ1) is 9.22. The first-order valence-corrected chi connectivity index (χ1v) is 6.82. The van der Waals surface area contributed by atoms with Gasteiger partial charge < -0.3 is 25.7 Å². The molecule has 0 aromatic rings. The Balaban J connectivity index is 4.08. The molecule has 2 atom stereocenters. The fraction of sp³-hybridized carbons (Fsp3) is 0.846. The number of rotatable bonds is 9. The van der Waals surface area contributed by atoms with Crippen molar-refractivity contribution in [2.75, 3.05) is 27.2 Å². The average molecular weight is 289 g/mol. The molecule has 0 fully saturated rings. The second-order valence-electron chi connectivity index (χ2n) is 5.63. The van der Waals surface area contributed by atoms with Crippen LogP contribution in [-0.2, 0) is 4.79 Å². The summed E-state index contributed by atoms with van der Waals surface area (Å²) >= 11 is 0. The van der Waals surface area contributed by atoms with Crippen LogP contribution in [0.3, 0.4) is 0 Å². The van der Waals surface area contributed by atoms with Gasteiger partial charge in [-0.3, -0.25) is 0 Å². The van der Waals surface area contributed by atoms with Gasteiger partial charge in [0.2, 0.25) is 0 Å². The van der Waals surface area contributed by atoms with Gasteiger partial charge in [0.1, 0.15) is 0 Å². The van der Waals surface area contributed by atoms with Crippen LogP contribution in [0.25, 0.3) is 0 Å². The molecule has 7 nitrogen and oxygen atoms in total. The summed E-state index contributed by atoms with van der Waals surface area (Å²) in [5.41, 5.74) is 0. The number of nitrogens with one attached hydrogen (secondary N) is 2. The highest BCUT2D eigenvalue weighted by molar-refractivity contribution is 5.74. The maximum Gasteiger partial charge on any atom is 0.332 e. The van der Waals surface area contributed by atoms with E-state index in [1.807, 2.05) is 19.0 Å². The number of urea groups is 1. The molecule has 0 bridgehead atoms. The van der Waals surface area contributed by atoms with E-state index in [4.69, 9.17) is 10.2 Å². The van der Waals surface area contributed by atoms with Crippen LogP contribution in [0.1, 0.15) is 26.7 Å². The minimum Gasteiger partial charge on any atom is -0.479 e. The van der Waals surface area contributed by atoms with Crippen LogP contribution in [0, 0.1) is 5.92 Å². The van der Waals surface area contributed by atoms with E-state index >= 15 is 0 Å². The number of hydrogen-bond acceptors (Lipinski definition) is 4. The van der Waals surface area contributed by atoms with Gasteiger partial charge in [-0.1, -0.05) is 13.8 Å². The van der Waals surface area contributed by atoms with Gasteiger partial charge in [0.15, 0.2) is 6.10 Å². The summed E-state index contributed by atoms with van der Waals surface area (Å²) < 4.78 is 0. The van der Waals surface area contributed by atoms with Crippen LogP contribution in [0.15, 0.2) is 0 Å². The summed E-state index contributed by atoms with van der Waals surface area (Å²) in [5.74, 6) is -0.813. The van der Waals surface area contributed by atoms with Crippen molar-refractivity contribution < 1.29 is 19.8 Å². The molecule has 0 aliphatic rings. The van der Waals surface area contributed by atoms with Crippen LogP contribution in [-0.4, -0.2) is 66.4 Å². The van der Waals surface area contributed by atoms with E-state index in [-0.39, 0.29) is 25.0 Å². The Hall–Kier alpha value is -1.34. The number of hydrogen-bond donors (Lipinski definition) is 4. The molecule has 0 aliphatic carbocycles. The third-order valence-corrected chi connectivity index (χ3v) is 2.67. The molecule has 2 unspecified atom stereocenters. The molecular formula is C13H27N3O4.